The topological polar surface area (TPSA) is 46.5 Å². The molecule has 0 unspecified atom stereocenters. The number of carbonyl (C=O) groups is 1. The average Bonchev–Trinajstić information content (AvgIpc) is 2.69. The summed E-state index contributed by atoms with van der Waals surface area (Å²) in [5.41, 5.74) is 1.82. The summed E-state index contributed by atoms with van der Waals surface area (Å²) in [4.78, 5) is 14.2. The number of rotatable bonds is 7. The molecule has 0 saturated heterocycles. The molecule has 29 heavy (non-hydrogen) atoms. The van der Waals surface area contributed by atoms with Gasteiger partial charge >= 0.3 is 5.97 Å². The van der Waals surface area contributed by atoms with Crippen molar-refractivity contribution in [3.63, 3.8) is 0 Å². The van der Waals surface area contributed by atoms with E-state index < -0.39 is 12.1 Å². The Morgan fingerprint density at radius 2 is 1.55 bits per heavy atom. The van der Waals surface area contributed by atoms with Crippen LogP contribution in [0.5, 0.6) is 5.75 Å². The third kappa shape index (κ3) is 5.64. The molecule has 0 saturated carbocycles. The first-order chi connectivity index (χ1) is 13.8. The molecule has 150 valence electrons. The Balaban J connectivity index is 1.85. The Labute approximate surface area is 176 Å². The third-order valence-corrected chi connectivity index (χ3v) is 5.71. The van der Waals surface area contributed by atoms with E-state index >= 15 is 0 Å². The van der Waals surface area contributed by atoms with Gasteiger partial charge in [0.25, 0.3) is 0 Å². The minimum absolute atomic E-state index is 0.138. The number of aliphatic carboxylic acids is 1. The van der Waals surface area contributed by atoms with Crippen molar-refractivity contribution in [2.75, 3.05) is 0 Å². The molecule has 4 heteroatoms. The number of benzene rings is 3. The van der Waals surface area contributed by atoms with E-state index in [0.717, 1.165) is 20.9 Å². The van der Waals surface area contributed by atoms with Crippen molar-refractivity contribution >= 4 is 17.7 Å². The lowest BCUT2D eigenvalue weighted by Gasteiger charge is -2.25. The molecular weight excluding hydrogens is 380 g/mol. The van der Waals surface area contributed by atoms with Crippen molar-refractivity contribution in [1.82, 2.24) is 0 Å². The Kier molecular flexibility index (Phi) is 6.65. The van der Waals surface area contributed by atoms with E-state index in [0.29, 0.717) is 12.2 Å². The molecule has 0 aliphatic carbocycles. The van der Waals surface area contributed by atoms with Crippen LogP contribution in [-0.2, 0) is 16.6 Å². The summed E-state index contributed by atoms with van der Waals surface area (Å²) >= 11 is 1.63. The fourth-order valence-electron chi connectivity index (χ4n) is 3.11. The molecule has 0 amide bonds. The van der Waals surface area contributed by atoms with E-state index in [9.17, 15) is 9.90 Å². The molecule has 1 atom stereocenters. The van der Waals surface area contributed by atoms with Gasteiger partial charge in [0.05, 0.1) is 0 Å². The van der Waals surface area contributed by atoms with Gasteiger partial charge in [-0.05, 0) is 40.8 Å². The van der Waals surface area contributed by atoms with Crippen LogP contribution in [0.1, 0.15) is 31.9 Å². The van der Waals surface area contributed by atoms with Crippen molar-refractivity contribution in [3.05, 3.63) is 90.0 Å². The van der Waals surface area contributed by atoms with Gasteiger partial charge in [0.1, 0.15) is 5.75 Å². The van der Waals surface area contributed by atoms with E-state index in [1.54, 1.807) is 11.8 Å². The van der Waals surface area contributed by atoms with Gasteiger partial charge in [-0.2, -0.15) is 0 Å². The molecule has 3 rings (SSSR count). The highest BCUT2D eigenvalue weighted by Crippen LogP contribution is 2.34. The van der Waals surface area contributed by atoms with Crippen LogP contribution >= 0.6 is 11.8 Å². The largest absolute Gasteiger partial charge is 0.478 e. The van der Waals surface area contributed by atoms with Crippen LogP contribution in [0.2, 0.25) is 0 Å². The van der Waals surface area contributed by atoms with Crippen molar-refractivity contribution in [2.45, 2.75) is 48.5 Å². The molecule has 1 N–H and O–H groups in total. The second kappa shape index (κ2) is 9.19. The molecule has 0 aromatic heterocycles. The van der Waals surface area contributed by atoms with E-state index in [2.05, 4.69) is 20.8 Å². The second-order valence-corrected chi connectivity index (χ2v) is 9.03. The molecule has 0 bridgehead atoms. The summed E-state index contributed by atoms with van der Waals surface area (Å²) in [6.45, 7) is 6.28. The molecule has 0 radical (unpaired) electrons. The predicted octanol–water partition coefficient (Wildman–Crippen LogP) is 6.21. The molecule has 0 heterocycles. The molecule has 0 aliphatic heterocycles. The molecule has 3 aromatic rings. The monoisotopic (exact) mass is 406 g/mol. The van der Waals surface area contributed by atoms with Gasteiger partial charge in [0, 0.05) is 16.2 Å². The average molecular weight is 407 g/mol. The van der Waals surface area contributed by atoms with Crippen LogP contribution in [0.25, 0.3) is 0 Å². The van der Waals surface area contributed by atoms with Crippen molar-refractivity contribution < 1.29 is 14.6 Å². The fraction of sp³-hybridized carbons (Fsp3) is 0.240. The molecule has 0 spiro atoms. The normalized spacial score (nSPS) is 12.4. The number of ether oxygens (including phenoxy) is 1. The van der Waals surface area contributed by atoms with Gasteiger partial charge in [-0.1, -0.05) is 87.1 Å². The molecule has 0 aliphatic rings. The van der Waals surface area contributed by atoms with Crippen molar-refractivity contribution in [2.24, 2.45) is 0 Å². The first-order valence-electron chi connectivity index (χ1n) is 9.64. The van der Waals surface area contributed by atoms with E-state index in [-0.39, 0.29) is 5.41 Å². The van der Waals surface area contributed by atoms with E-state index in [4.69, 9.17) is 4.74 Å². The first kappa shape index (κ1) is 21.0. The smallest absolute Gasteiger partial charge is 0.345 e. The number of para-hydroxylation sites is 1. The maximum atomic E-state index is 12.0. The summed E-state index contributed by atoms with van der Waals surface area (Å²) in [7, 11) is 0. The lowest BCUT2D eigenvalue weighted by atomic mass is 9.86. The zero-order valence-electron chi connectivity index (χ0n) is 17.0. The van der Waals surface area contributed by atoms with Crippen molar-refractivity contribution in [3.8, 4) is 5.75 Å². The highest BCUT2D eigenvalue weighted by Gasteiger charge is 2.25. The maximum Gasteiger partial charge on any atom is 0.345 e. The number of hydrogen-bond acceptors (Lipinski definition) is 3. The zero-order chi connectivity index (χ0) is 20.9. The number of hydrogen-bond donors (Lipinski definition) is 1. The number of carboxylic acid groups (broad SMARTS) is 1. The van der Waals surface area contributed by atoms with Gasteiger partial charge in [-0.3, -0.25) is 0 Å². The van der Waals surface area contributed by atoms with Crippen LogP contribution in [0, 0.1) is 0 Å². The standard InChI is InChI=1S/C25H26O3S/c1-25(2,3)20-14-8-9-15-21(20)28-22(24(26)27)17-18-11-7-10-16-23(18)29-19-12-5-4-6-13-19/h4-16,22H,17H2,1-3H3,(H,26,27)/t22-/m0/s1. The lowest BCUT2D eigenvalue weighted by Crippen LogP contribution is -2.30. The van der Waals surface area contributed by atoms with Gasteiger partial charge in [0.2, 0.25) is 0 Å². The highest BCUT2D eigenvalue weighted by molar-refractivity contribution is 7.99. The summed E-state index contributed by atoms with van der Waals surface area (Å²) in [6, 6.07) is 25.7. The van der Waals surface area contributed by atoms with Gasteiger partial charge in [-0.25, -0.2) is 4.79 Å². The number of carboxylic acids is 1. The Bertz CT molecular complexity index is 961. The molecular formula is C25H26O3S. The first-order valence-corrected chi connectivity index (χ1v) is 10.5. The Morgan fingerprint density at radius 1 is 0.931 bits per heavy atom. The van der Waals surface area contributed by atoms with Gasteiger partial charge < -0.3 is 9.84 Å². The second-order valence-electron chi connectivity index (χ2n) is 7.92. The van der Waals surface area contributed by atoms with Crippen LogP contribution in [0.3, 0.4) is 0 Å². The lowest BCUT2D eigenvalue weighted by molar-refractivity contribution is -0.145. The quantitative estimate of drug-likeness (QED) is 0.507. The molecule has 3 aromatic carbocycles. The Morgan fingerprint density at radius 3 is 2.24 bits per heavy atom. The van der Waals surface area contributed by atoms with Crippen molar-refractivity contribution in [1.29, 1.82) is 0 Å². The molecule has 3 nitrogen and oxygen atoms in total. The van der Waals surface area contributed by atoms with E-state index in [1.165, 1.54) is 0 Å². The van der Waals surface area contributed by atoms with Crippen LogP contribution in [0.4, 0.5) is 0 Å². The Hall–Kier alpha value is -2.72. The van der Waals surface area contributed by atoms with E-state index in [1.807, 2.05) is 78.9 Å². The predicted molar refractivity (Wildman–Crippen MR) is 118 cm³/mol. The third-order valence-electron chi connectivity index (χ3n) is 4.59. The fourth-order valence-corrected chi connectivity index (χ4v) is 4.09. The summed E-state index contributed by atoms with van der Waals surface area (Å²) in [6.07, 6.45) is -0.667. The van der Waals surface area contributed by atoms with Crippen LogP contribution in [0.15, 0.2) is 88.7 Å². The zero-order valence-corrected chi connectivity index (χ0v) is 17.8. The minimum atomic E-state index is -0.965. The SMILES string of the molecule is CC(C)(C)c1ccccc1O[C@@H](Cc1ccccc1Sc1ccccc1)C(=O)O. The summed E-state index contributed by atoms with van der Waals surface area (Å²) < 4.78 is 6.03. The highest BCUT2D eigenvalue weighted by atomic mass is 32.2. The van der Waals surface area contributed by atoms with Gasteiger partial charge in [-0.15, -0.1) is 0 Å². The minimum Gasteiger partial charge on any atom is -0.478 e. The van der Waals surface area contributed by atoms with Gasteiger partial charge in [0.15, 0.2) is 6.10 Å². The summed E-state index contributed by atoms with van der Waals surface area (Å²) in [5.74, 6) is -0.339. The van der Waals surface area contributed by atoms with Crippen LogP contribution < -0.4 is 4.74 Å². The maximum absolute atomic E-state index is 12.0. The summed E-state index contributed by atoms with van der Waals surface area (Å²) in [5, 5.41) is 9.84. The van der Waals surface area contributed by atoms with Crippen LogP contribution in [-0.4, -0.2) is 17.2 Å². The molecule has 0 fully saturated rings.